The number of fused-ring (bicyclic) bond motifs is 1. The zero-order chi connectivity index (χ0) is 28.2. The van der Waals surface area contributed by atoms with Gasteiger partial charge in [-0.25, -0.2) is 8.78 Å². The number of nitrogens with two attached hydrogens (primary N) is 1. The molecule has 2 aromatic carbocycles. The molecule has 210 valence electrons. The van der Waals surface area contributed by atoms with E-state index in [1.54, 1.807) is 30.5 Å². The zero-order valence-corrected chi connectivity index (χ0v) is 21.7. The highest BCUT2D eigenvalue weighted by molar-refractivity contribution is 6.00. The van der Waals surface area contributed by atoms with Crippen LogP contribution < -0.4 is 25.8 Å². The van der Waals surface area contributed by atoms with Gasteiger partial charge in [0.15, 0.2) is 11.6 Å². The number of H-pyrrole nitrogens is 1. The average molecular weight is 554 g/mol. The quantitative estimate of drug-likeness (QED) is 0.187. The molecule has 6 N–H and O–H groups in total. The van der Waals surface area contributed by atoms with Gasteiger partial charge in [0.25, 0.3) is 5.91 Å². The van der Waals surface area contributed by atoms with Crippen molar-refractivity contribution in [1.29, 1.82) is 0 Å². The van der Waals surface area contributed by atoms with Crippen molar-refractivity contribution in [2.45, 2.75) is 18.9 Å². The number of amides is 1. The van der Waals surface area contributed by atoms with Crippen molar-refractivity contribution in [3.63, 3.8) is 0 Å². The first-order chi connectivity index (χ1) is 19.3. The summed E-state index contributed by atoms with van der Waals surface area (Å²) in [6, 6.07) is 8.38. The van der Waals surface area contributed by atoms with Crippen LogP contribution in [0.2, 0.25) is 0 Å². The molecule has 0 unspecified atom stereocenters. The van der Waals surface area contributed by atoms with E-state index in [0.717, 1.165) is 38.1 Å². The summed E-state index contributed by atoms with van der Waals surface area (Å²) in [5, 5.41) is 16.9. The summed E-state index contributed by atoms with van der Waals surface area (Å²) >= 11 is 0. The third-order valence-corrected chi connectivity index (χ3v) is 6.52. The number of likely N-dealkylation sites (tertiary alicyclic amines) is 1. The van der Waals surface area contributed by atoms with E-state index in [4.69, 9.17) is 15.2 Å². The summed E-state index contributed by atoms with van der Waals surface area (Å²) in [6.45, 7) is 2.64. The number of aromatic amines is 1. The van der Waals surface area contributed by atoms with Crippen LogP contribution >= 0.6 is 0 Å². The lowest BCUT2D eigenvalue weighted by Gasteiger charge is -2.20. The molecule has 11 nitrogen and oxygen atoms in total. The van der Waals surface area contributed by atoms with E-state index in [9.17, 15) is 18.7 Å². The van der Waals surface area contributed by atoms with Gasteiger partial charge in [0.1, 0.15) is 35.7 Å². The lowest BCUT2D eigenvalue weighted by molar-refractivity contribution is 0.0758. The Kier molecular flexibility index (Phi) is 7.94. The Morgan fingerprint density at radius 3 is 2.65 bits per heavy atom. The van der Waals surface area contributed by atoms with E-state index in [2.05, 4.69) is 30.5 Å². The van der Waals surface area contributed by atoms with Gasteiger partial charge in [-0.2, -0.15) is 9.97 Å². The number of halogens is 2. The number of β-amino-alcohol motifs (C(OH)–C–C–N with tert-alkyl or cyclic N) is 1. The Bertz CT molecular complexity index is 1520. The van der Waals surface area contributed by atoms with E-state index < -0.39 is 23.6 Å². The molecule has 1 saturated heterocycles. The minimum absolute atomic E-state index is 0.0565. The van der Waals surface area contributed by atoms with E-state index in [1.807, 2.05) is 0 Å². The lowest BCUT2D eigenvalue weighted by Crippen LogP contribution is -2.33. The normalized spacial score (nSPS) is 14.3. The van der Waals surface area contributed by atoms with Crippen molar-refractivity contribution in [3.05, 3.63) is 59.8 Å². The molecule has 3 heterocycles. The number of nitrogens with zero attached hydrogens (tertiary/aromatic N) is 3. The molecule has 40 heavy (non-hydrogen) atoms. The lowest BCUT2D eigenvalue weighted by atomic mass is 10.1. The summed E-state index contributed by atoms with van der Waals surface area (Å²) in [5.74, 6) is -1.98. The predicted octanol–water partition coefficient (Wildman–Crippen LogP) is 3.67. The number of nitrogens with one attached hydrogen (secondary N) is 3. The number of primary amides is 1. The third-order valence-electron chi connectivity index (χ3n) is 6.52. The molecule has 0 saturated carbocycles. The number of aliphatic hydroxyl groups excluding tert-OH is 1. The third kappa shape index (κ3) is 6.05. The Morgan fingerprint density at radius 2 is 1.90 bits per heavy atom. The van der Waals surface area contributed by atoms with Crippen molar-refractivity contribution in [3.8, 4) is 11.5 Å². The van der Waals surface area contributed by atoms with Crippen molar-refractivity contribution in [1.82, 2.24) is 19.9 Å². The molecule has 13 heteroatoms. The maximum atomic E-state index is 14.0. The van der Waals surface area contributed by atoms with Crippen LogP contribution in [0, 0.1) is 11.6 Å². The standard InChI is InChI=1S/C27H29F2N7O4/c1-39-23-5-4-16(40-14-15(37)13-36-8-2-3-9-36)10-22(23)33-27-34-25-17(6-7-31-25)26(35-27)32-21-12-20(29)19(28)11-18(21)24(30)38/h4-7,10-12,15,37H,2-3,8-9,13-14H2,1H3,(H2,30,38)(H3,31,32,33,34,35)/t15-/m0/s1. The molecule has 2 aromatic heterocycles. The van der Waals surface area contributed by atoms with Crippen LogP contribution in [-0.2, 0) is 0 Å². The molecule has 1 amide bonds. The highest BCUT2D eigenvalue weighted by Crippen LogP contribution is 2.33. The smallest absolute Gasteiger partial charge is 0.250 e. The zero-order valence-electron chi connectivity index (χ0n) is 21.7. The van der Waals surface area contributed by atoms with Crippen LogP contribution in [0.15, 0.2) is 42.6 Å². The number of carbonyl (C=O) groups excluding carboxylic acids is 1. The van der Waals surface area contributed by atoms with Gasteiger partial charge in [-0.05, 0) is 50.2 Å². The minimum Gasteiger partial charge on any atom is -0.495 e. The highest BCUT2D eigenvalue weighted by atomic mass is 19.2. The predicted molar refractivity (Wildman–Crippen MR) is 145 cm³/mol. The van der Waals surface area contributed by atoms with E-state index in [1.165, 1.54) is 7.11 Å². The Hall–Kier alpha value is -4.49. The van der Waals surface area contributed by atoms with Crippen molar-refractivity contribution < 1.29 is 28.2 Å². The summed E-state index contributed by atoms with van der Waals surface area (Å²) in [5.41, 5.74) is 5.99. The Balaban J connectivity index is 1.39. The summed E-state index contributed by atoms with van der Waals surface area (Å²) < 4.78 is 39.1. The number of methoxy groups -OCH3 is 1. The number of aromatic nitrogens is 3. The highest BCUT2D eigenvalue weighted by Gasteiger charge is 2.19. The van der Waals surface area contributed by atoms with Crippen LogP contribution in [-0.4, -0.2) is 70.3 Å². The molecule has 1 atom stereocenters. The van der Waals surface area contributed by atoms with Gasteiger partial charge in [-0.15, -0.1) is 0 Å². The molecule has 0 bridgehead atoms. The number of ether oxygens (including phenoxy) is 2. The monoisotopic (exact) mass is 553 g/mol. The second kappa shape index (κ2) is 11.7. The van der Waals surface area contributed by atoms with Crippen molar-refractivity contribution in [2.24, 2.45) is 5.73 Å². The topological polar surface area (TPSA) is 151 Å². The first kappa shape index (κ1) is 27.1. The number of benzene rings is 2. The fraction of sp³-hybridized carbons (Fsp3) is 0.296. The molecule has 0 spiro atoms. The fourth-order valence-electron chi connectivity index (χ4n) is 4.58. The summed E-state index contributed by atoms with van der Waals surface area (Å²) in [7, 11) is 1.51. The first-order valence-corrected chi connectivity index (χ1v) is 12.7. The number of carbonyl (C=O) groups is 1. The van der Waals surface area contributed by atoms with Gasteiger partial charge in [0, 0.05) is 24.9 Å². The molecule has 1 aliphatic heterocycles. The van der Waals surface area contributed by atoms with Gasteiger partial charge in [0.05, 0.1) is 29.4 Å². The van der Waals surface area contributed by atoms with E-state index in [-0.39, 0.29) is 29.6 Å². The second-order valence-electron chi connectivity index (χ2n) is 9.40. The Morgan fingerprint density at radius 1 is 1.12 bits per heavy atom. The van der Waals surface area contributed by atoms with E-state index in [0.29, 0.717) is 34.8 Å². The minimum atomic E-state index is -1.20. The molecular weight excluding hydrogens is 524 g/mol. The SMILES string of the molecule is COc1ccc(OC[C@@H](O)CN2CCCC2)cc1Nc1nc(Nc2cc(F)c(F)cc2C(N)=O)c2cc[nH]c2n1. The first-order valence-electron chi connectivity index (χ1n) is 12.7. The van der Waals surface area contributed by atoms with Gasteiger partial charge >= 0.3 is 0 Å². The second-order valence-corrected chi connectivity index (χ2v) is 9.40. The number of rotatable bonds is 11. The Labute approximate surface area is 228 Å². The number of anilines is 4. The maximum absolute atomic E-state index is 14.0. The van der Waals surface area contributed by atoms with Crippen LogP contribution in [0.3, 0.4) is 0 Å². The maximum Gasteiger partial charge on any atom is 0.250 e. The molecule has 0 radical (unpaired) electrons. The number of aliphatic hydroxyl groups is 1. The molecular formula is C27H29F2N7O4. The average Bonchev–Trinajstić information content (AvgIpc) is 3.62. The summed E-state index contributed by atoms with van der Waals surface area (Å²) in [4.78, 5) is 26.0. The van der Waals surface area contributed by atoms with Gasteiger partial charge in [0.2, 0.25) is 5.95 Å². The molecule has 1 aliphatic rings. The summed E-state index contributed by atoms with van der Waals surface area (Å²) in [6.07, 6.45) is 3.28. The fourth-order valence-corrected chi connectivity index (χ4v) is 4.58. The van der Waals surface area contributed by atoms with Crippen LogP contribution in [0.5, 0.6) is 11.5 Å². The van der Waals surface area contributed by atoms with Crippen molar-refractivity contribution in [2.75, 3.05) is 44.0 Å². The van der Waals surface area contributed by atoms with E-state index >= 15 is 0 Å². The van der Waals surface area contributed by atoms with Gasteiger partial charge in [-0.1, -0.05) is 0 Å². The van der Waals surface area contributed by atoms with Crippen LogP contribution in [0.25, 0.3) is 11.0 Å². The molecule has 1 fully saturated rings. The molecule has 0 aliphatic carbocycles. The van der Waals surface area contributed by atoms with Gasteiger partial charge < -0.3 is 40.8 Å². The van der Waals surface area contributed by atoms with Crippen molar-refractivity contribution >= 4 is 40.1 Å². The number of hydrogen-bond acceptors (Lipinski definition) is 9. The number of hydrogen-bond donors (Lipinski definition) is 5. The largest absolute Gasteiger partial charge is 0.495 e. The van der Waals surface area contributed by atoms with Gasteiger partial charge in [-0.3, -0.25) is 4.79 Å². The molecule has 4 aromatic rings. The molecule has 5 rings (SSSR count). The van der Waals surface area contributed by atoms with Crippen LogP contribution in [0.4, 0.5) is 31.9 Å². The van der Waals surface area contributed by atoms with Crippen LogP contribution in [0.1, 0.15) is 23.2 Å².